The highest BCUT2D eigenvalue weighted by Crippen LogP contribution is 2.18. The minimum atomic E-state index is 0.149. The average Bonchev–Trinajstić information content (AvgIpc) is 2.96. The molecule has 0 amide bonds. The molecule has 0 fully saturated rings. The molecule has 0 aliphatic rings. The number of imidazole rings is 1. The van der Waals surface area contributed by atoms with E-state index in [1.165, 1.54) is 0 Å². The van der Waals surface area contributed by atoms with E-state index in [2.05, 4.69) is 35.5 Å². The predicted molar refractivity (Wildman–Crippen MR) is 69.8 cm³/mol. The lowest BCUT2D eigenvalue weighted by atomic mass is 10.4. The molecule has 8 nitrogen and oxygen atoms in total. The van der Waals surface area contributed by atoms with Crippen molar-refractivity contribution in [1.29, 1.82) is 0 Å². The molecule has 0 unspecified atom stereocenters. The highest BCUT2D eigenvalue weighted by atomic mass is 35.5. The minimum Gasteiger partial charge on any atom is -0.361 e. The van der Waals surface area contributed by atoms with E-state index < -0.39 is 0 Å². The van der Waals surface area contributed by atoms with Gasteiger partial charge in [-0.05, 0) is 18.5 Å². The van der Waals surface area contributed by atoms with Crippen LogP contribution in [0.4, 0.5) is 5.82 Å². The Hall–Kier alpha value is -2.22. The van der Waals surface area contributed by atoms with Crippen molar-refractivity contribution < 1.29 is 0 Å². The third-order valence-electron chi connectivity index (χ3n) is 2.86. The molecule has 98 valence electrons. The zero-order valence-corrected chi connectivity index (χ0v) is 11.1. The van der Waals surface area contributed by atoms with Gasteiger partial charge in [-0.15, -0.1) is 10.2 Å². The zero-order valence-electron chi connectivity index (χ0n) is 10.3. The summed E-state index contributed by atoms with van der Waals surface area (Å²) in [5, 5.41) is 11.4. The summed E-state index contributed by atoms with van der Waals surface area (Å²) in [6, 6.07) is 0. The molecule has 0 radical (unpaired) electrons. The summed E-state index contributed by atoms with van der Waals surface area (Å²) in [6.07, 6.45) is 1.55. The van der Waals surface area contributed by atoms with Gasteiger partial charge in [0.25, 0.3) is 0 Å². The van der Waals surface area contributed by atoms with Gasteiger partial charge in [0.1, 0.15) is 11.3 Å². The van der Waals surface area contributed by atoms with Gasteiger partial charge >= 0.3 is 0 Å². The van der Waals surface area contributed by atoms with Crippen LogP contribution in [0.2, 0.25) is 5.28 Å². The van der Waals surface area contributed by atoms with Gasteiger partial charge in [0, 0.05) is 7.05 Å². The van der Waals surface area contributed by atoms with Crippen LogP contribution in [-0.4, -0.2) is 34.7 Å². The number of fused-ring (bicyclic) bond motifs is 1. The molecule has 3 heterocycles. The van der Waals surface area contributed by atoms with E-state index in [1.807, 2.05) is 18.5 Å². The van der Waals surface area contributed by atoms with Crippen LogP contribution in [0, 0.1) is 6.92 Å². The van der Waals surface area contributed by atoms with Gasteiger partial charge in [0.2, 0.25) is 5.28 Å². The fourth-order valence-electron chi connectivity index (χ4n) is 1.70. The molecule has 0 aliphatic carbocycles. The number of aromatic amines is 1. The maximum Gasteiger partial charge on any atom is 0.226 e. The number of hydrogen-bond acceptors (Lipinski definition) is 6. The average molecular weight is 279 g/mol. The molecule has 3 aromatic rings. The lowest BCUT2D eigenvalue weighted by Crippen LogP contribution is -2.08. The molecular formula is C10H11ClN8. The number of H-pyrrole nitrogens is 1. The van der Waals surface area contributed by atoms with E-state index in [4.69, 9.17) is 11.6 Å². The predicted octanol–water partition coefficient (Wildman–Crippen LogP) is 1.06. The first-order valence-electron chi connectivity index (χ1n) is 5.60. The van der Waals surface area contributed by atoms with Crippen LogP contribution >= 0.6 is 11.6 Å². The van der Waals surface area contributed by atoms with Gasteiger partial charge in [-0.1, -0.05) is 0 Å². The molecular weight excluding hydrogens is 268 g/mol. The molecule has 0 bridgehead atoms. The van der Waals surface area contributed by atoms with Crippen molar-refractivity contribution in [3.8, 4) is 0 Å². The molecule has 0 aromatic carbocycles. The van der Waals surface area contributed by atoms with E-state index in [0.717, 1.165) is 11.6 Å². The van der Waals surface area contributed by atoms with Crippen molar-refractivity contribution in [2.45, 2.75) is 13.5 Å². The summed E-state index contributed by atoms with van der Waals surface area (Å²) in [5.74, 6) is 2.25. The van der Waals surface area contributed by atoms with Crippen LogP contribution < -0.4 is 5.32 Å². The monoisotopic (exact) mass is 278 g/mol. The fraction of sp³-hybridized carbons (Fsp3) is 0.300. The number of nitrogens with one attached hydrogen (secondary N) is 2. The Morgan fingerprint density at radius 2 is 2.21 bits per heavy atom. The van der Waals surface area contributed by atoms with E-state index in [-0.39, 0.29) is 5.28 Å². The SMILES string of the molecule is Cc1nnc(CNc2nc(Cl)nc3nc[nH]c23)n1C. The summed E-state index contributed by atoms with van der Waals surface area (Å²) in [7, 11) is 1.91. The third-order valence-corrected chi connectivity index (χ3v) is 3.02. The minimum absolute atomic E-state index is 0.149. The first kappa shape index (κ1) is 11.8. The molecule has 19 heavy (non-hydrogen) atoms. The van der Waals surface area contributed by atoms with Crippen LogP contribution in [0.3, 0.4) is 0 Å². The van der Waals surface area contributed by atoms with Crippen LogP contribution in [-0.2, 0) is 13.6 Å². The van der Waals surface area contributed by atoms with Gasteiger partial charge in [-0.2, -0.15) is 9.97 Å². The van der Waals surface area contributed by atoms with Crippen molar-refractivity contribution in [2.75, 3.05) is 5.32 Å². The number of rotatable bonds is 3. The Labute approximate surface area is 113 Å². The van der Waals surface area contributed by atoms with Crippen molar-refractivity contribution >= 4 is 28.6 Å². The molecule has 0 saturated carbocycles. The number of hydrogen-bond donors (Lipinski definition) is 2. The molecule has 3 aromatic heterocycles. The third kappa shape index (κ3) is 2.10. The quantitative estimate of drug-likeness (QED) is 0.695. The normalized spacial score (nSPS) is 11.1. The largest absolute Gasteiger partial charge is 0.361 e. The Morgan fingerprint density at radius 1 is 1.37 bits per heavy atom. The second-order valence-electron chi connectivity index (χ2n) is 4.02. The maximum atomic E-state index is 5.85. The number of nitrogens with zero attached hydrogens (tertiary/aromatic N) is 6. The molecule has 2 N–H and O–H groups in total. The highest BCUT2D eigenvalue weighted by Gasteiger charge is 2.10. The Balaban J connectivity index is 1.89. The number of aryl methyl sites for hydroxylation is 1. The second kappa shape index (κ2) is 4.47. The first-order valence-corrected chi connectivity index (χ1v) is 5.98. The zero-order chi connectivity index (χ0) is 13.4. The molecule has 0 atom stereocenters. The molecule has 0 saturated heterocycles. The van der Waals surface area contributed by atoms with Gasteiger partial charge in [0.15, 0.2) is 17.3 Å². The van der Waals surface area contributed by atoms with E-state index >= 15 is 0 Å². The van der Waals surface area contributed by atoms with Crippen molar-refractivity contribution in [3.63, 3.8) is 0 Å². The Morgan fingerprint density at radius 3 is 2.95 bits per heavy atom. The standard InChI is InChI=1S/C10H11ClN8/c1-5-17-18-6(19(5)2)3-12-8-7-9(14-4-13-7)16-10(11)15-8/h4H,3H2,1-2H3,(H2,12,13,14,15,16). The van der Waals surface area contributed by atoms with Gasteiger partial charge in [-0.25, -0.2) is 4.98 Å². The van der Waals surface area contributed by atoms with Crippen LogP contribution in [0.1, 0.15) is 11.6 Å². The summed E-state index contributed by atoms with van der Waals surface area (Å²) in [6.45, 7) is 2.38. The van der Waals surface area contributed by atoms with E-state index in [1.54, 1.807) is 6.33 Å². The van der Waals surface area contributed by atoms with Gasteiger partial charge in [-0.3, -0.25) is 0 Å². The van der Waals surface area contributed by atoms with Crippen LogP contribution in [0.25, 0.3) is 11.2 Å². The maximum absolute atomic E-state index is 5.85. The smallest absolute Gasteiger partial charge is 0.226 e. The summed E-state index contributed by atoms with van der Waals surface area (Å²) in [4.78, 5) is 15.2. The van der Waals surface area contributed by atoms with Crippen molar-refractivity contribution in [1.82, 2.24) is 34.7 Å². The Bertz CT molecular complexity index is 730. The van der Waals surface area contributed by atoms with E-state index in [0.29, 0.717) is 23.5 Å². The summed E-state index contributed by atoms with van der Waals surface area (Å²) >= 11 is 5.85. The number of aromatic nitrogens is 7. The number of anilines is 1. The molecule has 0 aliphatic heterocycles. The lowest BCUT2D eigenvalue weighted by molar-refractivity contribution is 0.788. The highest BCUT2D eigenvalue weighted by molar-refractivity contribution is 6.28. The second-order valence-corrected chi connectivity index (χ2v) is 4.36. The lowest BCUT2D eigenvalue weighted by Gasteiger charge is -2.06. The first-order chi connectivity index (χ1) is 9.15. The molecule has 9 heteroatoms. The fourth-order valence-corrected chi connectivity index (χ4v) is 1.87. The van der Waals surface area contributed by atoms with Crippen molar-refractivity contribution in [3.05, 3.63) is 23.3 Å². The molecule has 3 rings (SSSR count). The van der Waals surface area contributed by atoms with E-state index in [9.17, 15) is 0 Å². The number of halogens is 1. The molecule has 0 spiro atoms. The van der Waals surface area contributed by atoms with Gasteiger partial charge in [0.05, 0.1) is 12.9 Å². The van der Waals surface area contributed by atoms with Crippen LogP contribution in [0.5, 0.6) is 0 Å². The summed E-state index contributed by atoms with van der Waals surface area (Å²) < 4.78 is 1.90. The van der Waals surface area contributed by atoms with Gasteiger partial charge < -0.3 is 14.9 Å². The van der Waals surface area contributed by atoms with Crippen LogP contribution in [0.15, 0.2) is 6.33 Å². The summed E-state index contributed by atoms with van der Waals surface area (Å²) in [5.41, 5.74) is 1.24. The Kier molecular flexibility index (Phi) is 2.79. The topological polar surface area (TPSA) is 97.2 Å². The van der Waals surface area contributed by atoms with Crippen molar-refractivity contribution in [2.24, 2.45) is 7.05 Å².